The minimum absolute atomic E-state index is 0.0502. The molecule has 1 fully saturated rings. The number of methoxy groups -OCH3 is 1. The molecule has 0 radical (unpaired) electrons. The molecule has 0 bridgehead atoms. The van der Waals surface area contributed by atoms with Crippen molar-refractivity contribution in [2.24, 2.45) is 7.05 Å². The van der Waals surface area contributed by atoms with Crippen LogP contribution in [0, 0.1) is 0 Å². The summed E-state index contributed by atoms with van der Waals surface area (Å²) < 4.78 is 7.31. The molecule has 7 rings (SSSR count). The van der Waals surface area contributed by atoms with E-state index in [0.29, 0.717) is 64.5 Å². The van der Waals surface area contributed by atoms with E-state index >= 15 is 0 Å². The molecular weight excluding hydrogens is 811 g/mol. The highest BCUT2D eigenvalue weighted by atomic mass is 16.5. The maximum absolute atomic E-state index is 13.3. The Labute approximate surface area is 362 Å². The predicted molar refractivity (Wildman–Crippen MR) is 231 cm³/mol. The number of benzene rings is 2. The van der Waals surface area contributed by atoms with E-state index in [2.05, 4.69) is 57.2 Å². The average Bonchev–Trinajstić information content (AvgIpc) is 3.83. The highest BCUT2D eigenvalue weighted by Gasteiger charge is 2.45. The first-order chi connectivity index (χ1) is 30.6. The van der Waals surface area contributed by atoms with Crippen LogP contribution < -0.4 is 36.6 Å². The fourth-order valence-corrected chi connectivity index (χ4v) is 7.35. The molecule has 20 heteroatoms. The molecule has 1 saturated heterocycles. The van der Waals surface area contributed by atoms with Gasteiger partial charge in [0.05, 0.1) is 40.7 Å². The minimum atomic E-state index is -1.01. The Balaban J connectivity index is 0.832. The van der Waals surface area contributed by atoms with Crippen molar-refractivity contribution in [2.45, 2.75) is 57.4 Å². The Morgan fingerprint density at radius 3 is 2.25 bits per heavy atom. The van der Waals surface area contributed by atoms with Gasteiger partial charge in [0.1, 0.15) is 18.2 Å². The molecule has 1 unspecified atom stereocenters. The quantitative estimate of drug-likeness (QED) is 0.0505. The van der Waals surface area contributed by atoms with Gasteiger partial charge >= 0.3 is 0 Å². The number of hydrogen-bond acceptors (Lipinski definition) is 15. The lowest BCUT2D eigenvalue weighted by Crippen LogP contribution is -2.54. The second-order valence-corrected chi connectivity index (χ2v) is 14.9. The van der Waals surface area contributed by atoms with Crippen molar-refractivity contribution >= 4 is 64.1 Å². The highest BCUT2D eigenvalue weighted by molar-refractivity contribution is 6.25. The van der Waals surface area contributed by atoms with Crippen LogP contribution in [0.2, 0.25) is 0 Å². The number of imide groups is 2. The molecular formula is C43H47N13O7. The summed E-state index contributed by atoms with van der Waals surface area (Å²) in [6.07, 6.45) is 8.74. The predicted octanol–water partition coefficient (Wildman–Crippen LogP) is 4.11. The van der Waals surface area contributed by atoms with E-state index in [1.54, 1.807) is 60.5 Å². The van der Waals surface area contributed by atoms with Gasteiger partial charge in [-0.25, -0.2) is 9.97 Å². The summed E-state index contributed by atoms with van der Waals surface area (Å²) in [5, 5.41) is 30.0. The molecule has 0 aliphatic carbocycles. The number of nitrogens with zero attached hydrogens (tertiary/aromatic N) is 7. The average molecular weight is 858 g/mol. The first-order valence-corrected chi connectivity index (χ1v) is 20.6. The van der Waals surface area contributed by atoms with Crippen LogP contribution in [0.15, 0.2) is 67.1 Å². The van der Waals surface area contributed by atoms with Gasteiger partial charge in [0.25, 0.3) is 23.6 Å². The number of pyridine rings is 1. The Bertz CT molecular complexity index is 2540. The molecule has 6 amide bonds. The maximum Gasteiger partial charge on any atom is 0.273 e. The van der Waals surface area contributed by atoms with Crippen molar-refractivity contribution < 1.29 is 33.5 Å². The van der Waals surface area contributed by atoms with Crippen LogP contribution in [0.5, 0.6) is 5.75 Å². The first kappa shape index (κ1) is 43.3. The summed E-state index contributed by atoms with van der Waals surface area (Å²) in [6, 6.07) is 14.4. The second kappa shape index (κ2) is 19.7. The van der Waals surface area contributed by atoms with Gasteiger partial charge < -0.3 is 31.3 Å². The largest absolute Gasteiger partial charge is 0.494 e. The van der Waals surface area contributed by atoms with Gasteiger partial charge in [0.15, 0.2) is 23.1 Å². The van der Waals surface area contributed by atoms with Gasteiger partial charge in [0, 0.05) is 51.6 Å². The zero-order chi connectivity index (χ0) is 44.5. The molecule has 326 valence electrons. The third-order valence-electron chi connectivity index (χ3n) is 10.5. The van der Waals surface area contributed by atoms with Gasteiger partial charge in [-0.2, -0.15) is 5.10 Å². The third-order valence-corrected chi connectivity index (χ3v) is 10.5. The zero-order valence-electron chi connectivity index (χ0n) is 35.0. The number of carbonyl (C=O) groups excluding carboxylic acids is 6. The van der Waals surface area contributed by atoms with E-state index < -0.39 is 35.6 Å². The Kier molecular flexibility index (Phi) is 13.6. The van der Waals surface area contributed by atoms with Crippen LogP contribution in [0.25, 0.3) is 11.4 Å². The van der Waals surface area contributed by atoms with Gasteiger partial charge in [-0.05, 0) is 55.7 Å². The van der Waals surface area contributed by atoms with Crippen molar-refractivity contribution in [2.75, 3.05) is 43.2 Å². The maximum atomic E-state index is 13.3. The van der Waals surface area contributed by atoms with Gasteiger partial charge in [-0.3, -0.25) is 43.7 Å². The summed E-state index contributed by atoms with van der Waals surface area (Å²) in [5.41, 5.74) is 3.02. The number of anilines is 5. The molecule has 1 atom stereocenters. The van der Waals surface area contributed by atoms with Crippen LogP contribution >= 0.6 is 0 Å². The van der Waals surface area contributed by atoms with Crippen molar-refractivity contribution in [1.29, 1.82) is 0 Å². The molecule has 5 heterocycles. The first-order valence-electron chi connectivity index (χ1n) is 20.6. The standard InChI is InChI=1S/C43H47N13O7/c1-44-41(60)36-30(49-29-15-11-13-27(37(29)63-3)38-48-24-55(2)54-38)22-33(52-53-36)50-32-18-16-25(23-47-32)39(58)46-21-9-7-5-4-6-8-20-45-28-14-10-12-26-35(28)43(62)56(42(26)61)31-17-19-34(57)51-40(31)59/h10-16,18,22-24,31,45H,4-9,17,19-21H2,1-3H3,(H,44,60)(H,46,58)(H,51,57,59)(H2,47,49,50,52). The summed E-state index contributed by atoms with van der Waals surface area (Å²) in [6.45, 7) is 1.11. The lowest BCUT2D eigenvalue weighted by Gasteiger charge is -2.27. The third kappa shape index (κ3) is 9.90. The normalized spacial score (nSPS) is 14.5. The number of piperidine rings is 1. The van der Waals surface area contributed by atoms with Gasteiger partial charge in [-0.15, -0.1) is 10.2 Å². The lowest BCUT2D eigenvalue weighted by atomic mass is 10.0. The van der Waals surface area contributed by atoms with Crippen LogP contribution in [-0.2, 0) is 16.6 Å². The van der Waals surface area contributed by atoms with Crippen molar-refractivity contribution in [3.8, 4) is 17.1 Å². The highest BCUT2D eigenvalue weighted by Crippen LogP contribution is 2.37. The zero-order valence-corrected chi connectivity index (χ0v) is 35.0. The van der Waals surface area contributed by atoms with E-state index in [1.165, 1.54) is 20.4 Å². The van der Waals surface area contributed by atoms with Crippen molar-refractivity contribution in [3.05, 3.63) is 89.5 Å². The van der Waals surface area contributed by atoms with E-state index in [9.17, 15) is 28.8 Å². The van der Waals surface area contributed by atoms with Crippen LogP contribution in [0.3, 0.4) is 0 Å². The monoisotopic (exact) mass is 857 g/mol. The number of aryl methyl sites for hydroxylation is 1. The molecule has 6 N–H and O–H groups in total. The van der Waals surface area contributed by atoms with Gasteiger partial charge in [-0.1, -0.05) is 37.8 Å². The van der Waals surface area contributed by atoms with Crippen LogP contribution in [0.4, 0.5) is 28.7 Å². The minimum Gasteiger partial charge on any atom is -0.494 e. The molecule has 3 aromatic heterocycles. The summed E-state index contributed by atoms with van der Waals surface area (Å²) in [7, 11) is 4.80. The van der Waals surface area contributed by atoms with Crippen molar-refractivity contribution in [1.82, 2.24) is 50.8 Å². The van der Waals surface area contributed by atoms with E-state index in [-0.39, 0.29) is 35.6 Å². The number of fused-ring (bicyclic) bond motifs is 1. The number of amides is 6. The van der Waals surface area contributed by atoms with Crippen LogP contribution in [0.1, 0.15) is 92.9 Å². The number of ether oxygens (including phenoxy) is 1. The van der Waals surface area contributed by atoms with E-state index in [1.807, 2.05) is 12.1 Å². The van der Waals surface area contributed by atoms with Gasteiger partial charge in [0.2, 0.25) is 11.8 Å². The number of unbranched alkanes of at least 4 members (excludes halogenated alkanes) is 5. The Morgan fingerprint density at radius 1 is 0.810 bits per heavy atom. The van der Waals surface area contributed by atoms with E-state index in [4.69, 9.17) is 4.74 Å². The van der Waals surface area contributed by atoms with Crippen LogP contribution in [-0.4, -0.2) is 104 Å². The smallest absolute Gasteiger partial charge is 0.273 e. The topological polar surface area (TPSA) is 256 Å². The SMILES string of the molecule is CNC(=O)c1nnc(Nc2ccc(C(=O)NCCCCCCCCNc3cccc4c3C(=O)N(C3CCC(=O)NC3=O)C4=O)cn2)cc1Nc1cccc(-c2ncn(C)n2)c1OC. The number of aromatic nitrogens is 6. The molecule has 2 aromatic carbocycles. The Hall–Kier alpha value is -7.77. The molecule has 5 aromatic rings. The van der Waals surface area contributed by atoms with Crippen molar-refractivity contribution in [3.63, 3.8) is 0 Å². The molecule has 20 nitrogen and oxygen atoms in total. The number of para-hydroxylation sites is 1. The molecule has 2 aliphatic heterocycles. The number of hydrogen-bond donors (Lipinski definition) is 6. The number of carbonyl (C=O) groups is 6. The summed E-state index contributed by atoms with van der Waals surface area (Å²) in [4.78, 5) is 85.6. The summed E-state index contributed by atoms with van der Waals surface area (Å²) >= 11 is 0. The number of nitrogens with one attached hydrogen (secondary N) is 6. The fraction of sp³-hybridized carbons (Fsp3) is 0.326. The Morgan fingerprint density at radius 2 is 1.56 bits per heavy atom. The second-order valence-electron chi connectivity index (χ2n) is 14.9. The summed E-state index contributed by atoms with van der Waals surface area (Å²) in [5.74, 6) is -1.18. The van der Waals surface area contributed by atoms with E-state index in [0.717, 1.165) is 43.4 Å². The lowest BCUT2D eigenvalue weighted by molar-refractivity contribution is -0.136. The number of rotatable bonds is 19. The molecule has 2 aliphatic rings. The molecule has 0 saturated carbocycles. The molecule has 0 spiro atoms. The molecule has 63 heavy (non-hydrogen) atoms. The fourth-order valence-electron chi connectivity index (χ4n) is 7.35.